The lowest BCUT2D eigenvalue weighted by Crippen LogP contribution is -2.09. The summed E-state index contributed by atoms with van der Waals surface area (Å²) in [5, 5.41) is 22.4. The van der Waals surface area contributed by atoms with E-state index in [-0.39, 0.29) is 12.4 Å². The van der Waals surface area contributed by atoms with Crippen molar-refractivity contribution in [2.45, 2.75) is 46.8 Å². The largest absolute Gasteiger partial charge is 0.392 e. The molecule has 0 spiro atoms. The van der Waals surface area contributed by atoms with Crippen molar-refractivity contribution in [1.29, 1.82) is 0 Å². The molecule has 1 fully saturated rings. The first-order valence-electron chi connectivity index (χ1n) is 11.0. The highest BCUT2D eigenvalue weighted by Crippen LogP contribution is 2.35. The molecule has 170 valence electrons. The summed E-state index contributed by atoms with van der Waals surface area (Å²) in [6.07, 6.45) is 3.89. The Bertz CT molecular complexity index is 1310. The lowest BCUT2D eigenvalue weighted by atomic mass is 10.1. The standard InChI is InChI=1S/C24H26FN7O/c1-14-23(18-6-8-19(25)9-7-18)30-31(11-17-4-5-17)24(14)28-21-10-22(27-13-26-21)32-16(3)20(12-33)15(2)29-32/h6-10,13,17,33H,4-5,11-12H2,1-3H3,(H,26,27,28). The minimum atomic E-state index is -0.269. The molecule has 4 aromatic rings. The van der Waals surface area contributed by atoms with Gasteiger partial charge in [-0.2, -0.15) is 10.2 Å². The van der Waals surface area contributed by atoms with Crippen molar-refractivity contribution >= 4 is 11.6 Å². The van der Waals surface area contributed by atoms with Crippen LogP contribution in [0.4, 0.5) is 16.0 Å². The number of rotatable bonds is 7. The Morgan fingerprint density at radius 2 is 1.85 bits per heavy atom. The third-order valence-corrected chi connectivity index (χ3v) is 6.15. The number of aryl methyl sites for hydroxylation is 1. The lowest BCUT2D eigenvalue weighted by molar-refractivity contribution is 0.280. The highest BCUT2D eigenvalue weighted by atomic mass is 19.1. The van der Waals surface area contributed by atoms with E-state index in [1.807, 2.05) is 31.5 Å². The Balaban J connectivity index is 1.51. The van der Waals surface area contributed by atoms with Crippen molar-refractivity contribution in [3.8, 4) is 17.1 Å². The molecule has 33 heavy (non-hydrogen) atoms. The third kappa shape index (κ3) is 4.11. The van der Waals surface area contributed by atoms with Crippen LogP contribution in [0.25, 0.3) is 17.1 Å². The average Bonchev–Trinajstić information content (AvgIpc) is 3.52. The summed E-state index contributed by atoms with van der Waals surface area (Å²) >= 11 is 0. The molecule has 2 N–H and O–H groups in total. The molecule has 8 nitrogen and oxygen atoms in total. The fourth-order valence-corrected chi connectivity index (χ4v) is 4.05. The van der Waals surface area contributed by atoms with Gasteiger partial charge in [0.2, 0.25) is 0 Å². The topological polar surface area (TPSA) is 93.7 Å². The Morgan fingerprint density at radius 3 is 2.52 bits per heavy atom. The molecular weight excluding hydrogens is 421 g/mol. The number of aliphatic hydroxyl groups is 1. The molecule has 0 amide bonds. The molecule has 5 rings (SSSR count). The zero-order chi connectivity index (χ0) is 23.1. The second kappa shape index (κ2) is 8.40. The molecule has 3 aromatic heterocycles. The van der Waals surface area contributed by atoms with Crippen LogP contribution < -0.4 is 5.32 Å². The number of aliphatic hydroxyl groups excluding tert-OH is 1. The van der Waals surface area contributed by atoms with Crippen molar-refractivity contribution in [2.24, 2.45) is 5.92 Å². The molecule has 1 aromatic carbocycles. The maximum absolute atomic E-state index is 13.4. The first kappa shape index (κ1) is 21.3. The van der Waals surface area contributed by atoms with Crippen molar-refractivity contribution in [3.05, 3.63) is 65.0 Å². The normalized spacial score (nSPS) is 13.5. The van der Waals surface area contributed by atoms with Crippen LogP contribution in [0.15, 0.2) is 36.7 Å². The van der Waals surface area contributed by atoms with Crippen LogP contribution in [0.2, 0.25) is 0 Å². The molecule has 0 unspecified atom stereocenters. The van der Waals surface area contributed by atoms with E-state index in [1.54, 1.807) is 16.8 Å². The number of benzene rings is 1. The number of anilines is 2. The zero-order valence-corrected chi connectivity index (χ0v) is 18.9. The van der Waals surface area contributed by atoms with E-state index in [9.17, 15) is 9.50 Å². The summed E-state index contributed by atoms with van der Waals surface area (Å²) in [6, 6.07) is 8.23. The van der Waals surface area contributed by atoms with Crippen molar-refractivity contribution in [2.75, 3.05) is 5.32 Å². The van der Waals surface area contributed by atoms with Gasteiger partial charge < -0.3 is 10.4 Å². The first-order chi connectivity index (χ1) is 15.9. The Kier molecular flexibility index (Phi) is 5.41. The van der Waals surface area contributed by atoms with E-state index in [0.29, 0.717) is 17.6 Å². The van der Waals surface area contributed by atoms with Crippen LogP contribution in [0.5, 0.6) is 0 Å². The van der Waals surface area contributed by atoms with E-state index >= 15 is 0 Å². The molecule has 0 aliphatic heterocycles. The van der Waals surface area contributed by atoms with Gasteiger partial charge in [0, 0.05) is 35.0 Å². The van der Waals surface area contributed by atoms with Crippen LogP contribution in [0, 0.1) is 32.5 Å². The molecule has 0 radical (unpaired) electrons. The van der Waals surface area contributed by atoms with Gasteiger partial charge in [0.15, 0.2) is 5.82 Å². The van der Waals surface area contributed by atoms with Crippen LogP contribution >= 0.6 is 0 Å². The summed E-state index contributed by atoms with van der Waals surface area (Å²) in [5.74, 6) is 2.43. The molecule has 0 bridgehead atoms. The van der Waals surface area contributed by atoms with Gasteiger partial charge in [0.1, 0.15) is 23.8 Å². The number of nitrogens with one attached hydrogen (secondary N) is 1. The Hall–Kier alpha value is -3.59. The van der Waals surface area contributed by atoms with E-state index in [4.69, 9.17) is 5.10 Å². The summed E-state index contributed by atoms with van der Waals surface area (Å²) < 4.78 is 17.1. The monoisotopic (exact) mass is 447 g/mol. The molecule has 3 heterocycles. The highest BCUT2D eigenvalue weighted by Gasteiger charge is 2.26. The Labute approximate surface area is 191 Å². The predicted octanol–water partition coefficient (Wildman–Crippen LogP) is 4.24. The van der Waals surface area contributed by atoms with Gasteiger partial charge in [-0.05, 0) is 63.8 Å². The second-order valence-corrected chi connectivity index (χ2v) is 8.56. The smallest absolute Gasteiger partial charge is 0.159 e. The fraction of sp³-hybridized carbons (Fsp3) is 0.333. The average molecular weight is 448 g/mol. The first-order valence-corrected chi connectivity index (χ1v) is 11.0. The van der Waals surface area contributed by atoms with Gasteiger partial charge in [-0.1, -0.05) is 0 Å². The quantitative estimate of drug-likeness (QED) is 0.440. The minimum Gasteiger partial charge on any atom is -0.392 e. The van der Waals surface area contributed by atoms with E-state index in [1.165, 1.54) is 31.3 Å². The minimum absolute atomic E-state index is 0.0699. The van der Waals surface area contributed by atoms with Gasteiger partial charge in [-0.15, -0.1) is 0 Å². The van der Waals surface area contributed by atoms with Crippen LogP contribution in [-0.2, 0) is 13.2 Å². The fourth-order valence-electron chi connectivity index (χ4n) is 4.05. The Morgan fingerprint density at radius 1 is 1.09 bits per heavy atom. The SMILES string of the molecule is Cc1nn(-c2cc(Nc3c(C)c(-c4ccc(F)cc4)nn3CC3CC3)ncn2)c(C)c1CO. The van der Waals surface area contributed by atoms with Gasteiger partial charge in [-0.25, -0.2) is 23.7 Å². The van der Waals surface area contributed by atoms with E-state index in [0.717, 1.165) is 46.1 Å². The molecule has 1 aliphatic carbocycles. The van der Waals surface area contributed by atoms with Gasteiger partial charge in [0.05, 0.1) is 18.0 Å². The maximum atomic E-state index is 13.4. The van der Waals surface area contributed by atoms with Gasteiger partial charge in [-0.3, -0.25) is 0 Å². The molecule has 1 saturated carbocycles. The summed E-state index contributed by atoms with van der Waals surface area (Å²) in [4.78, 5) is 8.78. The van der Waals surface area contributed by atoms with E-state index < -0.39 is 0 Å². The molecule has 0 saturated heterocycles. The zero-order valence-electron chi connectivity index (χ0n) is 18.9. The van der Waals surface area contributed by atoms with Gasteiger partial charge >= 0.3 is 0 Å². The number of aromatic nitrogens is 6. The lowest BCUT2D eigenvalue weighted by Gasteiger charge is -2.11. The summed E-state index contributed by atoms with van der Waals surface area (Å²) in [6.45, 7) is 6.53. The van der Waals surface area contributed by atoms with Crippen LogP contribution in [0.3, 0.4) is 0 Å². The number of hydrogen-bond acceptors (Lipinski definition) is 6. The molecule has 0 atom stereocenters. The third-order valence-electron chi connectivity index (χ3n) is 6.15. The maximum Gasteiger partial charge on any atom is 0.159 e. The van der Waals surface area contributed by atoms with Crippen molar-refractivity contribution < 1.29 is 9.50 Å². The summed E-state index contributed by atoms with van der Waals surface area (Å²) in [5.41, 5.74) is 5.06. The second-order valence-electron chi connectivity index (χ2n) is 8.56. The van der Waals surface area contributed by atoms with Crippen molar-refractivity contribution in [1.82, 2.24) is 29.5 Å². The molecule has 9 heteroatoms. The summed E-state index contributed by atoms with van der Waals surface area (Å²) in [7, 11) is 0. The van der Waals surface area contributed by atoms with Crippen LogP contribution in [-0.4, -0.2) is 34.6 Å². The number of nitrogens with zero attached hydrogens (tertiary/aromatic N) is 6. The number of hydrogen-bond donors (Lipinski definition) is 2. The van der Waals surface area contributed by atoms with Gasteiger partial charge in [0.25, 0.3) is 0 Å². The van der Waals surface area contributed by atoms with Crippen LogP contribution in [0.1, 0.15) is 35.4 Å². The molecule has 1 aliphatic rings. The number of halogens is 1. The highest BCUT2D eigenvalue weighted by molar-refractivity contribution is 5.71. The predicted molar refractivity (Wildman–Crippen MR) is 123 cm³/mol. The van der Waals surface area contributed by atoms with E-state index in [2.05, 4.69) is 20.4 Å². The molecular formula is C24H26FN7O. The van der Waals surface area contributed by atoms with Crippen molar-refractivity contribution in [3.63, 3.8) is 0 Å².